The van der Waals surface area contributed by atoms with Crippen LogP contribution in [0.2, 0.25) is 0 Å². The van der Waals surface area contributed by atoms with Gasteiger partial charge in [-0.15, -0.1) is 0 Å². The number of hydrogen-bond acceptors (Lipinski definition) is 2. The summed E-state index contributed by atoms with van der Waals surface area (Å²) in [5, 5.41) is 4.28. The topological polar surface area (TPSA) is 58.5 Å². The minimum Gasteiger partial charge on any atom is -0.343 e. The Morgan fingerprint density at radius 2 is 1.19 bits per heavy atom. The summed E-state index contributed by atoms with van der Waals surface area (Å²) in [5.74, 6) is -0.843. The molecule has 4 rings (SSSR count). The molecule has 4 aromatic rings. The van der Waals surface area contributed by atoms with E-state index in [1.54, 1.807) is 0 Å². The molecule has 0 saturated carbocycles. The van der Waals surface area contributed by atoms with Crippen LogP contribution in [-0.4, -0.2) is 17.7 Å². The van der Waals surface area contributed by atoms with Gasteiger partial charge in [-0.25, -0.2) is 9.15 Å². The van der Waals surface area contributed by atoms with E-state index >= 15 is 0 Å². The summed E-state index contributed by atoms with van der Waals surface area (Å²) in [6.07, 6.45) is 0. The molecule has 0 aliphatic rings. The molecule has 0 spiro atoms. The van der Waals surface area contributed by atoms with E-state index in [1.807, 2.05) is 105 Å². The lowest BCUT2D eigenvalue weighted by Gasteiger charge is -2.27. The molecular formula is C30H28FN2O2P. The molecule has 36 heavy (non-hydrogen) atoms. The molecule has 1 amide bonds. The highest BCUT2D eigenvalue weighted by molar-refractivity contribution is 7.77. The van der Waals surface area contributed by atoms with Crippen molar-refractivity contribution in [1.29, 1.82) is 0 Å². The van der Waals surface area contributed by atoms with E-state index in [9.17, 15) is 13.8 Å². The predicted octanol–water partition coefficient (Wildman–Crippen LogP) is 6.00. The monoisotopic (exact) mass is 498 g/mol. The Labute approximate surface area is 211 Å². The molecule has 0 unspecified atom stereocenters. The van der Waals surface area contributed by atoms with Gasteiger partial charge in [0.2, 0.25) is 7.29 Å². The van der Waals surface area contributed by atoms with Crippen LogP contribution in [0.1, 0.15) is 29.8 Å². The van der Waals surface area contributed by atoms with Crippen LogP contribution < -0.4 is 15.9 Å². The van der Waals surface area contributed by atoms with Crippen LogP contribution in [0.15, 0.2) is 120 Å². The van der Waals surface area contributed by atoms with Crippen LogP contribution in [0.4, 0.5) is 4.39 Å². The molecule has 0 bridgehead atoms. The Bertz CT molecular complexity index is 1330. The Balaban J connectivity index is 1.88. The molecule has 4 nitrogen and oxygen atoms in total. The van der Waals surface area contributed by atoms with Crippen molar-refractivity contribution >= 4 is 29.5 Å². The smallest absolute Gasteiger partial charge is 0.251 e. The average molecular weight is 499 g/mol. The lowest BCUT2D eigenvalue weighted by molar-refractivity contribution is 0.0939. The molecule has 0 heterocycles. The minimum atomic E-state index is -3.47. The fraction of sp³-hybridized carbons (Fsp3) is 0.133. The van der Waals surface area contributed by atoms with Crippen molar-refractivity contribution in [2.24, 2.45) is 10.7 Å². The van der Waals surface area contributed by atoms with Gasteiger partial charge in [0.25, 0.3) is 5.91 Å². The van der Waals surface area contributed by atoms with Crippen molar-refractivity contribution in [2.75, 3.05) is 0 Å². The Morgan fingerprint density at radius 1 is 0.722 bits per heavy atom. The summed E-state index contributed by atoms with van der Waals surface area (Å²) in [6, 6.07) is 32.7. The van der Waals surface area contributed by atoms with Gasteiger partial charge in [-0.3, -0.25) is 9.36 Å². The first-order valence-electron chi connectivity index (χ1n) is 11.8. The molecule has 0 aliphatic carbocycles. The maximum atomic E-state index is 14.8. The molecule has 0 saturated heterocycles. The first-order valence-corrected chi connectivity index (χ1v) is 13.5. The highest BCUT2D eigenvalue weighted by Gasteiger charge is 2.31. The number of amides is 1. The van der Waals surface area contributed by atoms with Crippen LogP contribution in [0, 0.1) is 11.7 Å². The van der Waals surface area contributed by atoms with Crippen molar-refractivity contribution in [3.8, 4) is 0 Å². The van der Waals surface area contributed by atoms with Gasteiger partial charge >= 0.3 is 0 Å². The maximum absolute atomic E-state index is 14.8. The Hall–Kier alpha value is -3.82. The molecule has 0 aliphatic heterocycles. The number of benzene rings is 4. The van der Waals surface area contributed by atoms with Crippen molar-refractivity contribution in [3.05, 3.63) is 132 Å². The highest BCUT2D eigenvalue weighted by atomic mass is 31.2. The molecule has 4 aromatic carbocycles. The van der Waals surface area contributed by atoms with Crippen LogP contribution in [-0.2, 0) is 4.57 Å². The Kier molecular flexibility index (Phi) is 7.92. The second kappa shape index (κ2) is 11.3. The number of carbonyl (C=O) groups excluding carboxylic acids is 1. The average Bonchev–Trinajstić information content (AvgIpc) is 2.92. The lowest BCUT2D eigenvalue weighted by Crippen LogP contribution is -2.45. The fourth-order valence-corrected chi connectivity index (χ4v) is 6.19. The van der Waals surface area contributed by atoms with Crippen molar-refractivity contribution in [3.63, 3.8) is 0 Å². The summed E-state index contributed by atoms with van der Waals surface area (Å²) in [6.45, 7) is 3.95. The zero-order chi connectivity index (χ0) is 25.5. The molecule has 1 N–H and O–H groups in total. The third-order valence-electron chi connectivity index (χ3n) is 5.88. The molecule has 1 atom stereocenters. The maximum Gasteiger partial charge on any atom is 0.251 e. The van der Waals surface area contributed by atoms with Gasteiger partial charge < -0.3 is 5.32 Å². The first kappa shape index (κ1) is 25.3. The van der Waals surface area contributed by atoms with Gasteiger partial charge in [-0.1, -0.05) is 80.6 Å². The van der Waals surface area contributed by atoms with E-state index in [0.717, 1.165) is 5.56 Å². The first-order chi connectivity index (χ1) is 17.4. The number of hydrogen-bond donors (Lipinski definition) is 1. The van der Waals surface area contributed by atoms with Gasteiger partial charge in [0, 0.05) is 16.2 Å². The largest absolute Gasteiger partial charge is 0.343 e. The van der Waals surface area contributed by atoms with Crippen LogP contribution >= 0.6 is 7.29 Å². The highest BCUT2D eigenvalue weighted by Crippen LogP contribution is 2.46. The van der Waals surface area contributed by atoms with Crippen LogP contribution in [0.5, 0.6) is 0 Å². The number of nitrogens with one attached hydrogen (secondary N) is 1. The van der Waals surface area contributed by atoms with E-state index in [2.05, 4.69) is 5.32 Å². The minimum absolute atomic E-state index is 0.0756. The van der Waals surface area contributed by atoms with Gasteiger partial charge in [-0.05, 0) is 60.0 Å². The SMILES string of the molecule is CC(C)[C@H](NC(=O)c1ccc(F)cc1)/C(=N/P(=O)(c1ccccc1)c1ccccc1)c1ccccc1. The van der Waals surface area contributed by atoms with Gasteiger partial charge in [-0.2, -0.15) is 0 Å². The standard InChI is InChI=1S/C30H28FN2O2P/c1-22(2)28(32-30(34)24-18-20-25(31)21-19-24)29(23-12-6-3-7-13-23)33-36(35,26-14-8-4-9-15-26)27-16-10-5-11-17-27/h3-22,28H,1-2H3,(H,32,34)/b33-29+/t28-/m0/s1. The van der Waals surface area contributed by atoms with E-state index in [-0.39, 0.29) is 11.8 Å². The molecule has 6 heteroatoms. The second-order valence-corrected chi connectivity index (χ2v) is 11.2. The normalized spacial score (nSPS) is 12.8. The lowest BCUT2D eigenvalue weighted by atomic mass is 9.94. The number of nitrogens with zero attached hydrogens (tertiary/aromatic N) is 1. The van der Waals surface area contributed by atoms with Crippen molar-refractivity contribution in [1.82, 2.24) is 5.32 Å². The van der Waals surface area contributed by atoms with Crippen molar-refractivity contribution in [2.45, 2.75) is 19.9 Å². The van der Waals surface area contributed by atoms with E-state index in [1.165, 1.54) is 24.3 Å². The third kappa shape index (κ3) is 5.69. The Morgan fingerprint density at radius 3 is 1.67 bits per heavy atom. The van der Waals surface area contributed by atoms with E-state index < -0.39 is 19.2 Å². The quantitative estimate of drug-likeness (QED) is 0.239. The molecule has 0 fully saturated rings. The zero-order valence-electron chi connectivity index (χ0n) is 20.2. The third-order valence-corrected chi connectivity index (χ3v) is 8.38. The molecule has 182 valence electrons. The predicted molar refractivity (Wildman–Crippen MR) is 145 cm³/mol. The summed E-state index contributed by atoms with van der Waals surface area (Å²) < 4.78 is 33.2. The van der Waals surface area contributed by atoms with Crippen LogP contribution in [0.25, 0.3) is 0 Å². The number of rotatable bonds is 8. The number of halogens is 1. The summed E-state index contributed by atoms with van der Waals surface area (Å²) in [7, 11) is -3.47. The zero-order valence-corrected chi connectivity index (χ0v) is 21.1. The van der Waals surface area contributed by atoms with Gasteiger partial charge in [0.1, 0.15) is 5.82 Å². The summed E-state index contributed by atoms with van der Waals surface area (Å²) in [5.41, 5.74) is 1.63. The summed E-state index contributed by atoms with van der Waals surface area (Å²) in [4.78, 5) is 13.2. The summed E-state index contributed by atoms with van der Waals surface area (Å²) >= 11 is 0. The van der Waals surface area contributed by atoms with E-state index in [4.69, 9.17) is 4.76 Å². The van der Waals surface area contributed by atoms with Gasteiger partial charge in [0.05, 0.1) is 11.8 Å². The van der Waals surface area contributed by atoms with E-state index in [0.29, 0.717) is 21.9 Å². The molecular weight excluding hydrogens is 470 g/mol. The number of carbonyl (C=O) groups is 1. The van der Waals surface area contributed by atoms with Crippen molar-refractivity contribution < 1.29 is 13.8 Å². The molecule has 0 aromatic heterocycles. The molecule has 0 radical (unpaired) electrons. The van der Waals surface area contributed by atoms with Gasteiger partial charge in [0.15, 0.2) is 0 Å². The fourth-order valence-electron chi connectivity index (χ4n) is 3.96. The van der Waals surface area contributed by atoms with Crippen LogP contribution in [0.3, 0.4) is 0 Å². The second-order valence-electron chi connectivity index (χ2n) is 8.80.